The van der Waals surface area contributed by atoms with Crippen LogP contribution in [0.25, 0.3) is 0 Å². The highest BCUT2D eigenvalue weighted by Crippen LogP contribution is 2.38. The Labute approximate surface area is 186 Å². The molecule has 0 fully saturated rings. The molecule has 0 saturated heterocycles. The Morgan fingerprint density at radius 2 is 2.00 bits per heavy atom. The number of halogens is 2. The molecule has 0 aliphatic carbocycles. The van der Waals surface area contributed by atoms with Gasteiger partial charge in [0, 0.05) is 28.4 Å². The Bertz CT molecular complexity index is 1000. The van der Waals surface area contributed by atoms with Crippen LogP contribution in [0.5, 0.6) is 0 Å². The SMILES string of the molecule is N#CC1=C(SCC(=O)NCc2ccc(Br)cc2)NC(=O)C[C@@H]1c1ccccc1Cl. The van der Waals surface area contributed by atoms with Gasteiger partial charge in [0.05, 0.1) is 22.4 Å². The van der Waals surface area contributed by atoms with Gasteiger partial charge in [-0.15, -0.1) is 0 Å². The molecule has 0 radical (unpaired) electrons. The van der Waals surface area contributed by atoms with Crippen LogP contribution in [-0.2, 0) is 16.1 Å². The van der Waals surface area contributed by atoms with Gasteiger partial charge in [0.1, 0.15) is 0 Å². The molecule has 1 heterocycles. The lowest BCUT2D eigenvalue weighted by atomic mass is 9.87. The number of nitrogens with one attached hydrogen (secondary N) is 2. The van der Waals surface area contributed by atoms with Gasteiger partial charge < -0.3 is 10.6 Å². The van der Waals surface area contributed by atoms with E-state index < -0.39 is 5.92 Å². The number of carbonyl (C=O) groups is 2. The molecule has 29 heavy (non-hydrogen) atoms. The number of amides is 2. The molecule has 2 aromatic rings. The summed E-state index contributed by atoms with van der Waals surface area (Å²) in [5.41, 5.74) is 2.13. The number of nitriles is 1. The van der Waals surface area contributed by atoms with Crippen molar-refractivity contribution >= 4 is 51.1 Å². The standard InChI is InChI=1S/C21H17BrClN3O2S/c22-14-7-5-13(6-8-14)11-25-20(28)12-29-21-17(10-24)16(9-19(27)26-21)15-3-1-2-4-18(15)23/h1-8,16H,9,11-12H2,(H,25,28)(H,26,27)/t16-/m1/s1. The molecule has 0 unspecified atom stereocenters. The maximum Gasteiger partial charge on any atom is 0.230 e. The average Bonchev–Trinajstić information content (AvgIpc) is 2.71. The molecule has 5 nitrogen and oxygen atoms in total. The molecule has 0 aromatic heterocycles. The largest absolute Gasteiger partial charge is 0.351 e. The fourth-order valence-electron chi connectivity index (χ4n) is 2.95. The van der Waals surface area contributed by atoms with E-state index in [1.807, 2.05) is 36.4 Å². The minimum atomic E-state index is -0.421. The van der Waals surface area contributed by atoms with E-state index in [9.17, 15) is 14.9 Å². The zero-order chi connectivity index (χ0) is 20.8. The fourth-order valence-corrected chi connectivity index (χ4v) is 4.39. The molecule has 3 rings (SSSR count). The molecule has 1 aliphatic rings. The number of hydrogen-bond donors (Lipinski definition) is 2. The van der Waals surface area contributed by atoms with Crippen molar-refractivity contribution in [2.75, 3.05) is 5.75 Å². The van der Waals surface area contributed by atoms with Crippen molar-refractivity contribution < 1.29 is 9.59 Å². The maximum atomic E-state index is 12.2. The zero-order valence-corrected chi connectivity index (χ0v) is 18.4. The number of allylic oxidation sites excluding steroid dienone is 1. The van der Waals surface area contributed by atoms with E-state index in [2.05, 4.69) is 32.6 Å². The van der Waals surface area contributed by atoms with Crippen molar-refractivity contribution in [3.63, 3.8) is 0 Å². The molecule has 2 aromatic carbocycles. The zero-order valence-electron chi connectivity index (χ0n) is 15.2. The van der Waals surface area contributed by atoms with Gasteiger partial charge in [-0.1, -0.05) is 69.6 Å². The van der Waals surface area contributed by atoms with Gasteiger partial charge in [-0.2, -0.15) is 5.26 Å². The van der Waals surface area contributed by atoms with Crippen LogP contribution in [-0.4, -0.2) is 17.6 Å². The predicted molar refractivity (Wildman–Crippen MR) is 118 cm³/mol. The van der Waals surface area contributed by atoms with Gasteiger partial charge in [-0.3, -0.25) is 9.59 Å². The highest BCUT2D eigenvalue weighted by Gasteiger charge is 2.30. The Balaban J connectivity index is 1.68. The summed E-state index contributed by atoms with van der Waals surface area (Å²) in [6.45, 7) is 0.408. The summed E-state index contributed by atoms with van der Waals surface area (Å²) >= 11 is 10.8. The summed E-state index contributed by atoms with van der Waals surface area (Å²) in [4.78, 5) is 24.4. The summed E-state index contributed by atoms with van der Waals surface area (Å²) in [5, 5.41) is 16.2. The molecule has 0 saturated carbocycles. The number of carbonyl (C=O) groups excluding carboxylic acids is 2. The first-order valence-electron chi connectivity index (χ1n) is 8.80. The summed E-state index contributed by atoms with van der Waals surface area (Å²) in [7, 11) is 0. The third kappa shape index (κ3) is 5.63. The van der Waals surface area contributed by atoms with Gasteiger partial charge in [0.15, 0.2) is 0 Å². The number of thioether (sulfide) groups is 1. The second-order valence-electron chi connectivity index (χ2n) is 6.37. The highest BCUT2D eigenvalue weighted by molar-refractivity contribution is 9.10. The third-order valence-corrected chi connectivity index (χ3v) is 6.28. The van der Waals surface area contributed by atoms with Crippen molar-refractivity contribution in [3.05, 3.63) is 79.8 Å². The number of benzene rings is 2. The van der Waals surface area contributed by atoms with Gasteiger partial charge in [-0.05, 0) is 29.3 Å². The molecule has 2 amide bonds. The van der Waals surface area contributed by atoms with Crippen LogP contribution in [0.15, 0.2) is 63.6 Å². The lowest BCUT2D eigenvalue weighted by molar-refractivity contribution is -0.121. The molecule has 0 bridgehead atoms. The van der Waals surface area contributed by atoms with Crippen molar-refractivity contribution in [2.24, 2.45) is 0 Å². The van der Waals surface area contributed by atoms with E-state index in [0.29, 0.717) is 22.2 Å². The van der Waals surface area contributed by atoms with Crippen LogP contribution in [0.3, 0.4) is 0 Å². The van der Waals surface area contributed by atoms with Gasteiger partial charge >= 0.3 is 0 Å². The molecule has 148 valence electrons. The summed E-state index contributed by atoms with van der Waals surface area (Å²) < 4.78 is 0.972. The van der Waals surface area contributed by atoms with Crippen LogP contribution in [0.2, 0.25) is 5.02 Å². The minimum absolute atomic E-state index is 0.0898. The lowest BCUT2D eigenvalue weighted by Crippen LogP contribution is -2.32. The molecule has 8 heteroatoms. The van der Waals surface area contributed by atoms with E-state index in [1.165, 1.54) is 0 Å². The maximum absolute atomic E-state index is 12.2. The quantitative estimate of drug-likeness (QED) is 0.625. The van der Waals surface area contributed by atoms with Crippen LogP contribution < -0.4 is 10.6 Å². The number of rotatable bonds is 6. The summed E-state index contributed by atoms with van der Waals surface area (Å²) in [6, 6.07) is 17.0. The summed E-state index contributed by atoms with van der Waals surface area (Å²) in [6.07, 6.45) is 0.145. The Kier molecular flexibility index (Phi) is 7.37. The first-order chi connectivity index (χ1) is 14.0. The van der Waals surface area contributed by atoms with E-state index in [1.54, 1.807) is 12.1 Å². The van der Waals surface area contributed by atoms with Gasteiger partial charge in [0.25, 0.3) is 0 Å². The van der Waals surface area contributed by atoms with Crippen molar-refractivity contribution in [3.8, 4) is 6.07 Å². The van der Waals surface area contributed by atoms with Gasteiger partial charge in [0.2, 0.25) is 11.8 Å². The monoisotopic (exact) mass is 489 g/mol. The van der Waals surface area contributed by atoms with Crippen LogP contribution in [0, 0.1) is 11.3 Å². The van der Waals surface area contributed by atoms with Crippen LogP contribution in [0.4, 0.5) is 0 Å². The summed E-state index contributed by atoms with van der Waals surface area (Å²) in [5.74, 6) is -0.716. The first-order valence-corrected chi connectivity index (χ1v) is 11.0. The van der Waals surface area contributed by atoms with E-state index in [4.69, 9.17) is 11.6 Å². The highest BCUT2D eigenvalue weighted by atomic mass is 79.9. The second kappa shape index (κ2) is 9.97. The molecule has 1 aliphatic heterocycles. The van der Waals surface area contributed by atoms with Crippen molar-refractivity contribution in [1.82, 2.24) is 10.6 Å². The minimum Gasteiger partial charge on any atom is -0.351 e. The smallest absolute Gasteiger partial charge is 0.230 e. The van der Waals surface area contributed by atoms with Gasteiger partial charge in [-0.25, -0.2) is 0 Å². The van der Waals surface area contributed by atoms with Crippen molar-refractivity contribution in [2.45, 2.75) is 18.9 Å². The molecular formula is C21H17BrClN3O2S. The topological polar surface area (TPSA) is 82.0 Å². The fraction of sp³-hybridized carbons (Fsp3) is 0.190. The second-order valence-corrected chi connectivity index (χ2v) is 8.68. The third-order valence-electron chi connectivity index (χ3n) is 4.39. The average molecular weight is 491 g/mol. The normalized spacial score (nSPS) is 16.2. The van der Waals surface area contributed by atoms with E-state index >= 15 is 0 Å². The molecule has 1 atom stereocenters. The number of nitrogens with zero attached hydrogens (tertiary/aromatic N) is 1. The predicted octanol–water partition coefficient (Wildman–Crippen LogP) is 4.49. The number of hydrogen-bond acceptors (Lipinski definition) is 4. The lowest BCUT2D eigenvalue weighted by Gasteiger charge is -2.25. The Morgan fingerprint density at radius 1 is 1.28 bits per heavy atom. The van der Waals surface area contributed by atoms with E-state index in [-0.39, 0.29) is 24.0 Å². The Morgan fingerprint density at radius 3 is 2.69 bits per heavy atom. The molecular weight excluding hydrogens is 474 g/mol. The molecule has 2 N–H and O–H groups in total. The first kappa shape index (κ1) is 21.4. The Hall–Kier alpha value is -2.27. The molecule has 0 spiro atoms. The van der Waals surface area contributed by atoms with E-state index in [0.717, 1.165) is 27.4 Å². The van der Waals surface area contributed by atoms with Crippen LogP contribution >= 0.6 is 39.3 Å². The van der Waals surface area contributed by atoms with Crippen LogP contribution in [0.1, 0.15) is 23.5 Å². The van der Waals surface area contributed by atoms with Crippen molar-refractivity contribution in [1.29, 1.82) is 5.26 Å².